The van der Waals surface area contributed by atoms with Gasteiger partial charge in [0.25, 0.3) is 0 Å². The van der Waals surface area contributed by atoms with E-state index in [1.165, 1.54) is 11.1 Å². The first kappa shape index (κ1) is 16.7. The van der Waals surface area contributed by atoms with Crippen molar-refractivity contribution < 1.29 is 4.52 Å². The third-order valence-electron chi connectivity index (χ3n) is 4.10. The van der Waals surface area contributed by atoms with Crippen LogP contribution in [0.2, 0.25) is 0 Å². The lowest BCUT2D eigenvalue weighted by Gasteiger charge is -2.20. The van der Waals surface area contributed by atoms with Crippen LogP contribution in [0.25, 0.3) is 11.4 Å². The third kappa shape index (κ3) is 4.25. The van der Waals surface area contributed by atoms with Crippen molar-refractivity contribution in [1.29, 1.82) is 0 Å². The molecule has 4 rings (SSSR count). The van der Waals surface area contributed by atoms with Crippen LogP contribution < -0.4 is 0 Å². The first-order chi connectivity index (χ1) is 12.9. The first-order valence-corrected chi connectivity index (χ1v) is 9.46. The van der Waals surface area contributed by atoms with E-state index in [0.717, 1.165) is 18.7 Å². The number of hydrogen-bond acceptors (Lipinski definition) is 5. The summed E-state index contributed by atoms with van der Waals surface area (Å²) in [5, 5.41) is 8.16. The van der Waals surface area contributed by atoms with Crippen molar-refractivity contribution in [2.45, 2.75) is 19.6 Å². The van der Waals surface area contributed by atoms with Crippen molar-refractivity contribution >= 4 is 11.3 Å². The lowest BCUT2D eigenvalue weighted by atomic mass is 10.1. The molecule has 5 heteroatoms. The molecule has 0 spiro atoms. The van der Waals surface area contributed by atoms with Crippen LogP contribution in [-0.2, 0) is 19.6 Å². The Kier molecular flexibility index (Phi) is 5.19. The molecular weight excluding hydrogens is 342 g/mol. The second-order valence-corrected chi connectivity index (χ2v) is 6.92. The van der Waals surface area contributed by atoms with Crippen molar-refractivity contribution in [2.75, 3.05) is 0 Å². The highest BCUT2D eigenvalue weighted by Gasteiger charge is 2.14. The van der Waals surface area contributed by atoms with E-state index in [9.17, 15) is 0 Å². The molecule has 0 bridgehead atoms. The number of thiophene rings is 1. The molecule has 0 saturated heterocycles. The van der Waals surface area contributed by atoms with E-state index in [0.29, 0.717) is 18.3 Å². The molecule has 0 aliphatic rings. The minimum absolute atomic E-state index is 0.612. The molecule has 0 aliphatic carbocycles. The first-order valence-electron chi connectivity index (χ1n) is 8.52. The number of nitrogens with zero attached hydrogens (tertiary/aromatic N) is 3. The van der Waals surface area contributed by atoms with Crippen molar-refractivity contribution in [1.82, 2.24) is 15.0 Å². The Morgan fingerprint density at radius 1 is 0.808 bits per heavy atom. The second-order valence-electron chi connectivity index (χ2n) is 6.14. The van der Waals surface area contributed by atoms with Crippen LogP contribution in [0.1, 0.15) is 17.0 Å². The minimum Gasteiger partial charge on any atom is -0.338 e. The summed E-state index contributed by atoms with van der Waals surface area (Å²) in [4.78, 5) is 6.88. The Morgan fingerprint density at radius 3 is 2.04 bits per heavy atom. The maximum absolute atomic E-state index is 5.50. The number of aromatic nitrogens is 2. The molecule has 130 valence electrons. The van der Waals surface area contributed by atoms with Gasteiger partial charge >= 0.3 is 0 Å². The molecule has 2 heterocycles. The van der Waals surface area contributed by atoms with E-state index in [-0.39, 0.29) is 0 Å². The van der Waals surface area contributed by atoms with Gasteiger partial charge in [0, 0.05) is 24.0 Å². The standard InChI is InChI=1S/C21H19N3OS/c1-3-7-17(8-4-1)13-24(14-18-9-5-2-6-10-18)15-20-22-21(23-25-20)19-11-12-26-16-19/h1-12,16H,13-15H2. The normalized spacial score (nSPS) is 11.1. The van der Waals surface area contributed by atoms with E-state index in [1.807, 2.05) is 29.0 Å². The summed E-state index contributed by atoms with van der Waals surface area (Å²) in [6.45, 7) is 2.26. The van der Waals surface area contributed by atoms with Crippen LogP contribution >= 0.6 is 11.3 Å². The molecule has 0 unspecified atom stereocenters. The Balaban J connectivity index is 1.52. The molecule has 0 saturated carbocycles. The predicted molar refractivity (Wildman–Crippen MR) is 103 cm³/mol. The molecule has 0 amide bonds. The summed E-state index contributed by atoms with van der Waals surface area (Å²) in [6.07, 6.45) is 0. The second kappa shape index (κ2) is 8.08. The maximum Gasteiger partial charge on any atom is 0.241 e. The van der Waals surface area contributed by atoms with E-state index in [1.54, 1.807) is 11.3 Å². The summed E-state index contributed by atoms with van der Waals surface area (Å²) in [5.41, 5.74) is 3.53. The van der Waals surface area contributed by atoms with Gasteiger partial charge in [-0.25, -0.2) is 0 Å². The highest BCUT2D eigenvalue weighted by Crippen LogP contribution is 2.20. The molecule has 26 heavy (non-hydrogen) atoms. The monoisotopic (exact) mass is 361 g/mol. The number of benzene rings is 2. The van der Waals surface area contributed by atoms with Gasteiger partial charge in [-0.15, -0.1) is 0 Å². The van der Waals surface area contributed by atoms with Crippen molar-refractivity contribution in [3.05, 3.63) is 94.5 Å². The molecule has 2 aromatic carbocycles. The van der Waals surface area contributed by atoms with E-state index in [4.69, 9.17) is 4.52 Å². The van der Waals surface area contributed by atoms with Crippen LogP contribution in [0.15, 0.2) is 82.0 Å². The van der Waals surface area contributed by atoms with E-state index >= 15 is 0 Å². The Morgan fingerprint density at radius 2 is 1.46 bits per heavy atom. The number of rotatable bonds is 7. The zero-order chi connectivity index (χ0) is 17.6. The minimum atomic E-state index is 0.612. The number of hydrogen-bond donors (Lipinski definition) is 0. The quantitative estimate of drug-likeness (QED) is 0.464. The van der Waals surface area contributed by atoms with Gasteiger partial charge < -0.3 is 4.52 Å². The van der Waals surface area contributed by atoms with Gasteiger partial charge in [0.1, 0.15) is 0 Å². The largest absolute Gasteiger partial charge is 0.338 e. The molecule has 0 N–H and O–H groups in total. The van der Waals surface area contributed by atoms with Gasteiger partial charge in [0.15, 0.2) is 0 Å². The van der Waals surface area contributed by atoms with Crippen LogP contribution in [0.5, 0.6) is 0 Å². The lowest BCUT2D eigenvalue weighted by Crippen LogP contribution is -2.22. The third-order valence-corrected chi connectivity index (χ3v) is 4.79. The predicted octanol–water partition coefficient (Wildman–Crippen LogP) is 5.00. The van der Waals surface area contributed by atoms with Crippen LogP contribution in [0.4, 0.5) is 0 Å². The molecule has 4 aromatic rings. The fourth-order valence-corrected chi connectivity index (χ4v) is 3.50. The zero-order valence-corrected chi connectivity index (χ0v) is 15.1. The summed E-state index contributed by atoms with van der Waals surface area (Å²) in [7, 11) is 0. The van der Waals surface area contributed by atoms with Crippen molar-refractivity contribution in [2.24, 2.45) is 0 Å². The molecule has 0 radical (unpaired) electrons. The summed E-state index contributed by atoms with van der Waals surface area (Å²) >= 11 is 1.63. The lowest BCUT2D eigenvalue weighted by molar-refractivity contribution is 0.211. The molecule has 2 aromatic heterocycles. The molecular formula is C21H19N3OS. The van der Waals surface area contributed by atoms with Gasteiger partial charge in [-0.3, -0.25) is 4.90 Å². The van der Waals surface area contributed by atoms with Gasteiger partial charge in [-0.2, -0.15) is 16.3 Å². The summed E-state index contributed by atoms with van der Waals surface area (Å²) in [5.74, 6) is 1.29. The molecule has 0 aliphatic heterocycles. The highest BCUT2D eigenvalue weighted by atomic mass is 32.1. The highest BCUT2D eigenvalue weighted by molar-refractivity contribution is 7.08. The van der Waals surface area contributed by atoms with Crippen LogP contribution in [-0.4, -0.2) is 15.0 Å². The Bertz CT molecular complexity index is 879. The fraction of sp³-hybridized carbons (Fsp3) is 0.143. The average Bonchev–Trinajstić information content (AvgIpc) is 3.35. The van der Waals surface area contributed by atoms with Gasteiger partial charge in [-0.05, 0) is 22.6 Å². The van der Waals surface area contributed by atoms with Gasteiger partial charge in [-0.1, -0.05) is 65.8 Å². The van der Waals surface area contributed by atoms with Crippen LogP contribution in [0.3, 0.4) is 0 Å². The zero-order valence-electron chi connectivity index (χ0n) is 14.3. The SMILES string of the molecule is c1ccc(CN(Cc2ccccc2)Cc2nc(-c3ccsc3)no2)cc1. The smallest absolute Gasteiger partial charge is 0.241 e. The van der Waals surface area contributed by atoms with Crippen molar-refractivity contribution in [3.8, 4) is 11.4 Å². The van der Waals surface area contributed by atoms with Gasteiger partial charge in [0.05, 0.1) is 6.54 Å². The van der Waals surface area contributed by atoms with Gasteiger partial charge in [0.2, 0.25) is 11.7 Å². The topological polar surface area (TPSA) is 42.2 Å². The van der Waals surface area contributed by atoms with Crippen LogP contribution in [0, 0.1) is 0 Å². The van der Waals surface area contributed by atoms with E-state index < -0.39 is 0 Å². The Labute approximate surface area is 156 Å². The summed E-state index contributed by atoms with van der Waals surface area (Å²) in [6, 6.07) is 22.9. The molecule has 0 fully saturated rings. The Hall–Kier alpha value is -2.76. The average molecular weight is 361 g/mol. The maximum atomic E-state index is 5.50. The van der Waals surface area contributed by atoms with E-state index in [2.05, 4.69) is 63.6 Å². The van der Waals surface area contributed by atoms with Crippen molar-refractivity contribution in [3.63, 3.8) is 0 Å². The molecule has 0 atom stereocenters. The fourth-order valence-electron chi connectivity index (χ4n) is 2.87. The summed E-state index contributed by atoms with van der Waals surface area (Å²) < 4.78 is 5.50. The molecule has 4 nitrogen and oxygen atoms in total.